The van der Waals surface area contributed by atoms with Gasteiger partial charge in [-0.15, -0.1) is 0 Å². The standard InChI is InChI=1S/C23H22N2O3.C15H17NO3.C7H4ClNO/c1-15-16(2)25(14-17-9-5-4-6-10-17)23(26)22(27-3)18(15)13-21-24-19-11-7-8-12-20(19)28-21;1-10-11(2)16(9-12-7-5-4-6-8-12)15(18)14(19-3)13(10)17;8-7-9-5-3-1-2-4-6(5)10-7/h4-12H,13-14H2,1-3H3;4-8,17H,9H2,1-3H3;1-4H. The maximum Gasteiger partial charge on any atom is 0.297 e. The van der Waals surface area contributed by atoms with Gasteiger partial charge in [0.05, 0.1) is 33.7 Å². The van der Waals surface area contributed by atoms with Crippen LogP contribution >= 0.6 is 11.6 Å². The Labute approximate surface area is 334 Å². The van der Waals surface area contributed by atoms with Gasteiger partial charge in [0.25, 0.3) is 16.5 Å². The van der Waals surface area contributed by atoms with E-state index in [-0.39, 0.29) is 28.0 Å². The minimum atomic E-state index is -0.313. The molecule has 0 bridgehead atoms. The summed E-state index contributed by atoms with van der Waals surface area (Å²) in [4.78, 5) is 33.9. The number of ether oxygens (including phenoxy) is 2. The summed E-state index contributed by atoms with van der Waals surface area (Å²) in [5, 5.41) is 10.1. The zero-order valence-corrected chi connectivity index (χ0v) is 33.3. The third-order valence-electron chi connectivity index (χ3n) is 9.78. The van der Waals surface area contributed by atoms with Crippen molar-refractivity contribution in [1.82, 2.24) is 19.1 Å². The van der Waals surface area contributed by atoms with Crippen LogP contribution < -0.4 is 20.6 Å². The van der Waals surface area contributed by atoms with Crippen LogP contribution in [0, 0.1) is 27.7 Å². The molecule has 0 spiro atoms. The average Bonchev–Trinajstić information content (AvgIpc) is 3.83. The van der Waals surface area contributed by atoms with Crippen LogP contribution in [-0.2, 0) is 19.5 Å². The Morgan fingerprint density at radius 3 is 1.58 bits per heavy atom. The van der Waals surface area contributed by atoms with Gasteiger partial charge in [-0.05, 0) is 80.3 Å². The number of pyridine rings is 2. The molecule has 0 aliphatic heterocycles. The second-order valence-electron chi connectivity index (χ2n) is 13.3. The smallest absolute Gasteiger partial charge is 0.297 e. The van der Waals surface area contributed by atoms with Crippen LogP contribution in [0.4, 0.5) is 0 Å². The number of fused-ring (bicyclic) bond motifs is 2. The first kappa shape index (κ1) is 40.1. The molecular formula is C45H43ClN4O7. The maximum absolute atomic E-state index is 13.1. The number of aromatic nitrogens is 4. The van der Waals surface area contributed by atoms with Crippen LogP contribution in [0.2, 0.25) is 5.35 Å². The van der Waals surface area contributed by atoms with Crippen molar-refractivity contribution in [2.24, 2.45) is 0 Å². The largest absolute Gasteiger partial charge is 0.504 e. The molecule has 0 unspecified atom stereocenters. The lowest BCUT2D eigenvalue weighted by molar-refractivity contribution is 0.360. The molecule has 8 aromatic rings. The lowest BCUT2D eigenvalue weighted by atomic mass is 10.0. The van der Waals surface area contributed by atoms with Crippen molar-refractivity contribution in [2.45, 2.75) is 47.2 Å². The Kier molecular flexibility index (Phi) is 12.6. The Morgan fingerprint density at radius 1 is 0.614 bits per heavy atom. The van der Waals surface area contributed by atoms with Crippen molar-refractivity contribution in [1.29, 1.82) is 0 Å². The minimum Gasteiger partial charge on any atom is -0.504 e. The zero-order chi connectivity index (χ0) is 40.6. The molecule has 0 aliphatic carbocycles. The summed E-state index contributed by atoms with van der Waals surface area (Å²) in [6.45, 7) is 8.53. The van der Waals surface area contributed by atoms with Crippen molar-refractivity contribution in [3.63, 3.8) is 0 Å². The van der Waals surface area contributed by atoms with Crippen molar-refractivity contribution >= 4 is 33.8 Å². The first-order chi connectivity index (χ1) is 27.5. The van der Waals surface area contributed by atoms with Crippen LogP contribution in [0.5, 0.6) is 17.2 Å². The predicted octanol–water partition coefficient (Wildman–Crippen LogP) is 8.96. The Bertz CT molecular complexity index is 2690. The molecule has 0 radical (unpaired) electrons. The van der Waals surface area contributed by atoms with Gasteiger partial charge in [-0.25, -0.2) is 4.98 Å². The van der Waals surface area contributed by atoms with Crippen molar-refractivity contribution < 1.29 is 23.4 Å². The summed E-state index contributed by atoms with van der Waals surface area (Å²) in [6.07, 6.45) is 0.409. The summed E-state index contributed by atoms with van der Waals surface area (Å²) in [7, 11) is 2.92. The van der Waals surface area contributed by atoms with Crippen molar-refractivity contribution in [2.75, 3.05) is 14.2 Å². The fourth-order valence-electron chi connectivity index (χ4n) is 6.43. The SMILES string of the molecule is COc1c(Cc2nc3ccccc3o2)c(C)c(C)n(Cc2ccccc2)c1=O.COc1c(O)c(C)c(C)n(Cc2ccccc2)c1=O.Clc1nc2ccccc2o1. The number of benzene rings is 4. The van der Waals surface area contributed by atoms with Crippen LogP contribution in [0.3, 0.4) is 0 Å². The van der Waals surface area contributed by atoms with Gasteiger partial charge in [-0.2, -0.15) is 4.98 Å². The summed E-state index contributed by atoms with van der Waals surface area (Å²) < 4.78 is 24.8. The molecule has 0 saturated carbocycles. The molecule has 0 atom stereocenters. The molecule has 4 heterocycles. The van der Waals surface area contributed by atoms with E-state index >= 15 is 0 Å². The highest BCUT2D eigenvalue weighted by atomic mass is 35.5. The fourth-order valence-corrected chi connectivity index (χ4v) is 6.60. The molecule has 0 saturated heterocycles. The first-order valence-corrected chi connectivity index (χ1v) is 18.6. The van der Waals surface area contributed by atoms with Gasteiger partial charge in [0.15, 0.2) is 28.6 Å². The third-order valence-corrected chi connectivity index (χ3v) is 9.94. The lowest BCUT2D eigenvalue weighted by Gasteiger charge is -2.18. The quantitative estimate of drug-likeness (QED) is 0.160. The Hall–Kier alpha value is -6.59. The predicted molar refractivity (Wildman–Crippen MR) is 222 cm³/mol. The minimum absolute atomic E-state index is 0.000897. The number of para-hydroxylation sites is 4. The van der Waals surface area contributed by atoms with E-state index in [1.807, 2.05) is 130 Å². The molecule has 0 amide bonds. The lowest BCUT2D eigenvalue weighted by Crippen LogP contribution is -2.27. The van der Waals surface area contributed by atoms with E-state index in [1.165, 1.54) is 14.2 Å². The highest BCUT2D eigenvalue weighted by Crippen LogP contribution is 2.28. The zero-order valence-electron chi connectivity index (χ0n) is 32.6. The van der Waals surface area contributed by atoms with E-state index in [2.05, 4.69) is 9.97 Å². The summed E-state index contributed by atoms with van der Waals surface area (Å²) in [5.41, 5.74) is 8.87. The molecule has 8 rings (SSSR count). The van der Waals surface area contributed by atoms with Gasteiger partial charge >= 0.3 is 0 Å². The highest BCUT2D eigenvalue weighted by Gasteiger charge is 2.21. The molecule has 292 valence electrons. The molecular weight excluding hydrogens is 744 g/mol. The molecule has 4 aromatic carbocycles. The first-order valence-electron chi connectivity index (χ1n) is 18.2. The van der Waals surface area contributed by atoms with Gasteiger partial charge < -0.3 is 32.5 Å². The van der Waals surface area contributed by atoms with Crippen LogP contribution in [-0.4, -0.2) is 38.4 Å². The average molecular weight is 787 g/mol. The van der Waals surface area contributed by atoms with E-state index in [4.69, 9.17) is 29.9 Å². The van der Waals surface area contributed by atoms with E-state index < -0.39 is 0 Å². The molecule has 57 heavy (non-hydrogen) atoms. The van der Waals surface area contributed by atoms with Gasteiger partial charge in [0.1, 0.15) is 11.0 Å². The van der Waals surface area contributed by atoms with Gasteiger partial charge in [-0.1, -0.05) is 84.9 Å². The van der Waals surface area contributed by atoms with Crippen LogP contribution in [0.15, 0.2) is 128 Å². The summed E-state index contributed by atoms with van der Waals surface area (Å²) in [6, 6.07) is 34.7. The Morgan fingerprint density at radius 2 is 1.07 bits per heavy atom. The number of nitrogens with zero attached hydrogens (tertiary/aromatic N) is 4. The van der Waals surface area contributed by atoms with Crippen molar-refractivity contribution in [3.05, 3.63) is 180 Å². The topological polar surface area (TPSA) is 135 Å². The molecule has 0 aliphatic rings. The molecule has 12 heteroatoms. The Balaban J connectivity index is 0.000000162. The van der Waals surface area contributed by atoms with E-state index in [0.29, 0.717) is 36.7 Å². The summed E-state index contributed by atoms with van der Waals surface area (Å²) >= 11 is 5.51. The maximum atomic E-state index is 13.1. The molecule has 1 N–H and O–H groups in total. The second kappa shape index (κ2) is 17.9. The normalized spacial score (nSPS) is 10.8. The third kappa shape index (κ3) is 8.95. The second-order valence-corrected chi connectivity index (χ2v) is 13.6. The molecule has 11 nitrogen and oxygen atoms in total. The number of hydrogen-bond donors (Lipinski definition) is 1. The van der Waals surface area contributed by atoms with Crippen LogP contribution in [0.1, 0.15) is 45.1 Å². The number of oxazole rings is 2. The van der Waals surface area contributed by atoms with E-state index in [1.54, 1.807) is 16.1 Å². The van der Waals surface area contributed by atoms with Crippen molar-refractivity contribution in [3.8, 4) is 17.2 Å². The molecule has 4 aromatic heterocycles. The van der Waals surface area contributed by atoms with Crippen LogP contribution in [0.25, 0.3) is 22.2 Å². The van der Waals surface area contributed by atoms with E-state index in [0.717, 1.165) is 55.8 Å². The number of rotatable bonds is 8. The molecule has 0 fully saturated rings. The number of hydrogen-bond acceptors (Lipinski definition) is 9. The fraction of sp³-hybridized carbons (Fsp3) is 0.200. The highest BCUT2D eigenvalue weighted by molar-refractivity contribution is 6.28. The number of aromatic hydroxyl groups is 1. The van der Waals surface area contributed by atoms with Gasteiger partial charge in [0.2, 0.25) is 5.75 Å². The monoisotopic (exact) mass is 786 g/mol. The van der Waals surface area contributed by atoms with E-state index in [9.17, 15) is 14.7 Å². The number of halogens is 1. The van der Waals surface area contributed by atoms with Gasteiger partial charge in [0, 0.05) is 22.5 Å². The van der Waals surface area contributed by atoms with Gasteiger partial charge in [-0.3, -0.25) is 9.59 Å². The number of methoxy groups -OCH3 is 2. The summed E-state index contributed by atoms with van der Waals surface area (Å²) in [5.74, 6) is 0.844.